The monoisotopic (exact) mass is 251 g/mol. The Hall–Kier alpha value is -0.870. The topological polar surface area (TPSA) is 41.3 Å². The molecule has 0 radical (unpaired) electrons. The van der Waals surface area contributed by atoms with Gasteiger partial charge in [-0.3, -0.25) is 0 Å². The highest BCUT2D eigenvalue weighted by atomic mass is 16.3. The molecule has 0 bridgehead atoms. The molecule has 2 heterocycles. The lowest BCUT2D eigenvalue weighted by atomic mass is 10.0. The van der Waals surface area contributed by atoms with Crippen LogP contribution >= 0.6 is 0 Å². The zero-order valence-electron chi connectivity index (χ0n) is 11.8. The van der Waals surface area contributed by atoms with Gasteiger partial charge in [-0.15, -0.1) is 0 Å². The minimum atomic E-state index is 0.445. The zero-order chi connectivity index (χ0) is 13.0. The Morgan fingerprint density at radius 3 is 3.11 bits per heavy atom. The van der Waals surface area contributed by atoms with Crippen LogP contribution in [0.3, 0.4) is 0 Å². The Morgan fingerprint density at radius 1 is 1.56 bits per heavy atom. The molecule has 4 nitrogen and oxygen atoms in total. The molecular weight excluding hydrogens is 226 g/mol. The third-order valence-corrected chi connectivity index (χ3v) is 3.94. The molecule has 0 amide bonds. The van der Waals surface area contributed by atoms with Crippen LogP contribution in [-0.4, -0.2) is 42.6 Å². The van der Waals surface area contributed by atoms with Gasteiger partial charge in [-0.2, -0.15) is 0 Å². The minimum Gasteiger partial charge on any atom is -0.449 e. The summed E-state index contributed by atoms with van der Waals surface area (Å²) >= 11 is 0. The molecule has 2 rings (SSSR count). The number of nitrogens with one attached hydrogen (secondary N) is 1. The number of likely N-dealkylation sites (N-methyl/N-ethyl adjacent to an activating group) is 2. The van der Waals surface area contributed by atoms with Gasteiger partial charge >= 0.3 is 0 Å². The molecule has 102 valence electrons. The van der Waals surface area contributed by atoms with Crippen molar-refractivity contribution in [2.75, 3.05) is 20.6 Å². The quantitative estimate of drug-likeness (QED) is 0.867. The Morgan fingerprint density at radius 2 is 2.39 bits per heavy atom. The number of hydrogen-bond donors (Lipinski definition) is 1. The maximum atomic E-state index is 5.60. The number of aromatic nitrogens is 1. The Labute approximate surface area is 110 Å². The van der Waals surface area contributed by atoms with Gasteiger partial charge in [0.15, 0.2) is 5.89 Å². The highest BCUT2D eigenvalue weighted by Crippen LogP contribution is 2.19. The number of oxazole rings is 1. The third kappa shape index (κ3) is 3.56. The second kappa shape index (κ2) is 6.34. The lowest BCUT2D eigenvalue weighted by Gasteiger charge is -2.31. The van der Waals surface area contributed by atoms with Crippen LogP contribution < -0.4 is 5.32 Å². The number of piperidine rings is 1. The summed E-state index contributed by atoms with van der Waals surface area (Å²) < 4.78 is 5.60. The van der Waals surface area contributed by atoms with E-state index in [1.165, 1.54) is 25.8 Å². The SMILES string of the molecule is CNC(C)Cc1coc(CC2CCCCN2C)n1. The zero-order valence-corrected chi connectivity index (χ0v) is 11.8. The first-order valence-corrected chi connectivity index (χ1v) is 7.00. The molecule has 18 heavy (non-hydrogen) atoms. The highest BCUT2D eigenvalue weighted by molar-refractivity contribution is 5.00. The van der Waals surface area contributed by atoms with Crippen molar-refractivity contribution in [3.8, 4) is 0 Å². The fourth-order valence-corrected chi connectivity index (χ4v) is 2.56. The van der Waals surface area contributed by atoms with E-state index in [4.69, 9.17) is 4.42 Å². The predicted molar refractivity (Wildman–Crippen MR) is 72.7 cm³/mol. The molecule has 1 saturated heterocycles. The second-order valence-electron chi connectivity index (χ2n) is 5.46. The molecule has 0 spiro atoms. The molecule has 0 aliphatic carbocycles. The minimum absolute atomic E-state index is 0.445. The summed E-state index contributed by atoms with van der Waals surface area (Å²) in [4.78, 5) is 7.03. The first kappa shape index (κ1) is 13.6. The van der Waals surface area contributed by atoms with Gasteiger partial charge in [-0.05, 0) is 40.4 Å². The molecule has 1 aliphatic heterocycles. The van der Waals surface area contributed by atoms with E-state index in [-0.39, 0.29) is 0 Å². The summed E-state index contributed by atoms with van der Waals surface area (Å²) in [6.45, 7) is 3.36. The van der Waals surface area contributed by atoms with E-state index in [0.717, 1.165) is 24.4 Å². The summed E-state index contributed by atoms with van der Waals surface area (Å²) in [5.41, 5.74) is 1.06. The van der Waals surface area contributed by atoms with Crippen LogP contribution in [0.4, 0.5) is 0 Å². The van der Waals surface area contributed by atoms with Gasteiger partial charge in [-0.1, -0.05) is 6.42 Å². The van der Waals surface area contributed by atoms with Crippen molar-refractivity contribution >= 4 is 0 Å². The summed E-state index contributed by atoms with van der Waals surface area (Å²) in [7, 11) is 4.18. The van der Waals surface area contributed by atoms with Gasteiger partial charge in [0.2, 0.25) is 0 Å². The van der Waals surface area contributed by atoms with Gasteiger partial charge in [-0.25, -0.2) is 4.98 Å². The van der Waals surface area contributed by atoms with Gasteiger partial charge in [0.05, 0.1) is 5.69 Å². The number of rotatable bonds is 5. The van der Waals surface area contributed by atoms with E-state index in [1.807, 2.05) is 13.3 Å². The fourth-order valence-electron chi connectivity index (χ4n) is 2.56. The van der Waals surface area contributed by atoms with E-state index in [1.54, 1.807) is 0 Å². The van der Waals surface area contributed by atoms with Crippen molar-refractivity contribution in [3.05, 3.63) is 17.8 Å². The van der Waals surface area contributed by atoms with Crippen LogP contribution in [0.25, 0.3) is 0 Å². The van der Waals surface area contributed by atoms with E-state index < -0.39 is 0 Å². The van der Waals surface area contributed by atoms with Gasteiger partial charge in [0.25, 0.3) is 0 Å². The smallest absolute Gasteiger partial charge is 0.195 e. The van der Waals surface area contributed by atoms with Crippen LogP contribution in [0.15, 0.2) is 10.7 Å². The molecule has 1 aromatic rings. The number of likely N-dealkylation sites (tertiary alicyclic amines) is 1. The first-order valence-electron chi connectivity index (χ1n) is 7.00. The second-order valence-corrected chi connectivity index (χ2v) is 5.46. The van der Waals surface area contributed by atoms with Crippen LogP contribution in [0.1, 0.15) is 37.8 Å². The Bertz CT molecular complexity index is 364. The van der Waals surface area contributed by atoms with E-state index in [0.29, 0.717) is 12.1 Å². The summed E-state index contributed by atoms with van der Waals surface area (Å²) in [5, 5.41) is 3.22. The van der Waals surface area contributed by atoms with Crippen molar-refractivity contribution in [3.63, 3.8) is 0 Å². The van der Waals surface area contributed by atoms with Crippen molar-refractivity contribution < 1.29 is 4.42 Å². The van der Waals surface area contributed by atoms with Crippen molar-refractivity contribution in [1.29, 1.82) is 0 Å². The molecule has 2 unspecified atom stereocenters. The third-order valence-electron chi connectivity index (χ3n) is 3.94. The molecule has 0 aromatic carbocycles. The van der Waals surface area contributed by atoms with E-state index >= 15 is 0 Å². The average Bonchev–Trinajstić information content (AvgIpc) is 2.79. The van der Waals surface area contributed by atoms with Crippen molar-refractivity contribution in [2.45, 2.75) is 51.1 Å². The lowest BCUT2D eigenvalue weighted by Crippen LogP contribution is -2.37. The van der Waals surface area contributed by atoms with E-state index in [9.17, 15) is 0 Å². The van der Waals surface area contributed by atoms with E-state index in [2.05, 4.69) is 29.2 Å². The van der Waals surface area contributed by atoms with Crippen molar-refractivity contribution in [1.82, 2.24) is 15.2 Å². The number of hydrogen-bond acceptors (Lipinski definition) is 4. The maximum absolute atomic E-state index is 5.60. The molecule has 0 saturated carbocycles. The standard InChI is InChI=1S/C14H25N3O/c1-11(15-2)8-12-10-18-14(16-12)9-13-6-4-5-7-17(13)3/h10-11,13,15H,4-9H2,1-3H3. The van der Waals surface area contributed by atoms with Crippen LogP contribution in [-0.2, 0) is 12.8 Å². The first-order chi connectivity index (χ1) is 8.69. The Kier molecular flexibility index (Phi) is 4.78. The summed E-state index contributed by atoms with van der Waals surface area (Å²) in [5.74, 6) is 0.895. The normalized spacial score (nSPS) is 23.2. The fraction of sp³-hybridized carbons (Fsp3) is 0.786. The number of nitrogens with zero attached hydrogens (tertiary/aromatic N) is 2. The van der Waals surface area contributed by atoms with Crippen molar-refractivity contribution in [2.24, 2.45) is 0 Å². The van der Waals surface area contributed by atoms with Gasteiger partial charge in [0.1, 0.15) is 6.26 Å². The van der Waals surface area contributed by atoms with Gasteiger partial charge in [0, 0.05) is 24.9 Å². The van der Waals surface area contributed by atoms with Gasteiger partial charge < -0.3 is 14.6 Å². The van der Waals surface area contributed by atoms with Crippen LogP contribution in [0, 0.1) is 0 Å². The molecule has 2 atom stereocenters. The average molecular weight is 251 g/mol. The molecule has 1 fully saturated rings. The molecule has 1 aliphatic rings. The summed E-state index contributed by atoms with van der Waals surface area (Å²) in [6.07, 6.45) is 7.61. The molecular formula is C14H25N3O. The summed E-state index contributed by atoms with van der Waals surface area (Å²) in [6, 6.07) is 1.05. The largest absolute Gasteiger partial charge is 0.449 e. The Balaban J connectivity index is 1.89. The molecule has 1 N–H and O–H groups in total. The molecule has 1 aromatic heterocycles. The van der Waals surface area contributed by atoms with Crippen LogP contribution in [0.5, 0.6) is 0 Å². The van der Waals surface area contributed by atoms with Crippen LogP contribution in [0.2, 0.25) is 0 Å². The highest BCUT2D eigenvalue weighted by Gasteiger charge is 2.21. The maximum Gasteiger partial charge on any atom is 0.195 e. The molecule has 4 heteroatoms. The predicted octanol–water partition coefficient (Wildman–Crippen LogP) is 1.85. The lowest BCUT2D eigenvalue weighted by molar-refractivity contribution is 0.177.